The molecule has 0 aliphatic rings. The van der Waals surface area contributed by atoms with Gasteiger partial charge in [-0.05, 0) is 70.6 Å². The summed E-state index contributed by atoms with van der Waals surface area (Å²) in [5, 5.41) is 0. The molecule has 0 bridgehead atoms. The van der Waals surface area contributed by atoms with Crippen LogP contribution >= 0.6 is 0 Å². The Balaban J connectivity index is 4.32. The van der Waals surface area contributed by atoms with Crippen molar-refractivity contribution in [3.63, 3.8) is 0 Å². The fraction of sp³-hybridized carbons (Fsp3) is 0.804. The number of carbonyl (C=O) groups is 3. The lowest BCUT2D eigenvalue weighted by atomic mass is 10.0. The van der Waals surface area contributed by atoms with Crippen molar-refractivity contribution in [2.24, 2.45) is 0 Å². The van der Waals surface area contributed by atoms with Gasteiger partial charge in [-0.25, -0.2) is 0 Å². The number of rotatable bonds is 48. The van der Waals surface area contributed by atoms with E-state index in [0.717, 1.165) is 96.3 Å². The second kappa shape index (κ2) is 51.0. The minimum atomic E-state index is -0.784. The van der Waals surface area contributed by atoms with Gasteiger partial charge in [0.25, 0.3) is 0 Å². The van der Waals surface area contributed by atoms with Gasteiger partial charge < -0.3 is 14.2 Å². The molecule has 6 heteroatoms. The maximum atomic E-state index is 12.8. The number of carbonyl (C=O) groups excluding carboxylic acids is 3. The highest BCUT2D eigenvalue weighted by atomic mass is 16.6. The molecule has 0 spiro atoms. The smallest absolute Gasteiger partial charge is 0.306 e. The fourth-order valence-corrected chi connectivity index (χ4v) is 7.56. The van der Waals surface area contributed by atoms with Crippen molar-refractivity contribution in [2.75, 3.05) is 13.2 Å². The van der Waals surface area contributed by atoms with Crippen LogP contribution in [0.25, 0.3) is 0 Å². The monoisotopic (exact) mass is 869 g/mol. The molecule has 0 heterocycles. The SMILES string of the molecule is CC/C=C\C/C=C\C/C=C\CCCCCCC(=O)OC(COC(=O)CCCCCCC/C=C\CCCC)COC(=O)CCCCCCCCCCCCCCCCCCCCC. The summed E-state index contributed by atoms with van der Waals surface area (Å²) >= 11 is 0. The molecule has 62 heavy (non-hydrogen) atoms. The Kier molecular flexibility index (Phi) is 48.8. The van der Waals surface area contributed by atoms with E-state index < -0.39 is 6.10 Å². The average molecular weight is 869 g/mol. The van der Waals surface area contributed by atoms with Gasteiger partial charge in [-0.1, -0.05) is 230 Å². The largest absolute Gasteiger partial charge is 0.462 e. The topological polar surface area (TPSA) is 78.9 Å². The van der Waals surface area contributed by atoms with Gasteiger partial charge in [-0.2, -0.15) is 0 Å². The molecule has 0 fully saturated rings. The van der Waals surface area contributed by atoms with Crippen LogP contribution in [-0.4, -0.2) is 37.2 Å². The molecule has 0 aliphatic heterocycles. The van der Waals surface area contributed by atoms with E-state index in [1.54, 1.807) is 0 Å². The lowest BCUT2D eigenvalue weighted by Crippen LogP contribution is -2.30. The van der Waals surface area contributed by atoms with Crippen molar-refractivity contribution in [3.8, 4) is 0 Å². The highest BCUT2D eigenvalue weighted by Crippen LogP contribution is 2.16. The van der Waals surface area contributed by atoms with E-state index >= 15 is 0 Å². The lowest BCUT2D eigenvalue weighted by molar-refractivity contribution is -0.167. The Hall–Kier alpha value is -2.63. The van der Waals surface area contributed by atoms with Crippen LogP contribution in [0, 0.1) is 0 Å². The van der Waals surface area contributed by atoms with Gasteiger partial charge >= 0.3 is 17.9 Å². The Morgan fingerprint density at radius 3 is 1.05 bits per heavy atom. The van der Waals surface area contributed by atoms with E-state index in [2.05, 4.69) is 69.4 Å². The Morgan fingerprint density at radius 2 is 0.645 bits per heavy atom. The van der Waals surface area contributed by atoms with Gasteiger partial charge in [-0.3, -0.25) is 14.4 Å². The molecule has 0 aliphatic carbocycles. The van der Waals surface area contributed by atoms with E-state index in [4.69, 9.17) is 14.2 Å². The van der Waals surface area contributed by atoms with Gasteiger partial charge in [-0.15, -0.1) is 0 Å². The summed E-state index contributed by atoms with van der Waals surface area (Å²) in [7, 11) is 0. The van der Waals surface area contributed by atoms with Crippen LogP contribution in [0.15, 0.2) is 48.6 Å². The minimum Gasteiger partial charge on any atom is -0.462 e. The number of hydrogen-bond donors (Lipinski definition) is 0. The molecule has 0 amide bonds. The number of unbranched alkanes of at least 4 members (excludes halogenated alkanes) is 29. The molecule has 1 atom stereocenters. The molecule has 360 valence electrons. The first-order valence-corrected chi connectivity index (χ1v) is 26.6. The molecule has 0 aromatic heterocycles. The fourth-order valence-electron chi connectivity index (χ4n) is 7.56. The van der Waals surface area contributed by atoms with Crippen LogP contribution < -0.4 is 0 Å². The van der Waals surface area contributed by atoms with Crippen LogP contribution in [0.5, 0.6) is 0 Å². The first-order valence-electron chi connectivity index (χ1n) is 26.6. The van der Waals surface area contributed by atoms with Crippen molar-refractivity contribution in [2.45, 2.75) is 277 Å². The zero-order chi connectivity index (χ0) is 45.1. The minimum absolute atomic E-state index is 0.0825. The first kappa shape index (κ1) is 59.4. The molecule has 1 unspecified atom stereocenters. The summed E-state index contributed by atoms with van der Waals surface area (Å²) in [4.78, 5) is 38.0. The molecule has 0 rings (SSSR count). The number of esters is 3. The second-order valence-electron chi connectivity index (χ2n) is 17.8. The van der Waals surface area contributed by atoms with Crippen LogP contribution in [0.4, 0.5) is 0 Å². The number of ether oxygens (including phenoxy) is 3. The molecule has 0 N–H and O–H groups in total. The average Bonchev–Trinajstić information content (AvgIpc) is 3.27. The Labute approximate surface area is 384 Å². The zero-order valence-electron chi connectivity index (χ0n) is 41.1. The quantitative estimate of drug-likeness (QED) is 0.0262. The highest BCUT2D eigenvalue weighted by Gasteiger charge is 2.19. The van der Waals surface area contributed by atoms with E-state index in [1.807, 2.05) is 0 Å². The predicted octanol–water partition coefficient (Wildman–Crippen LogP) is 17.5. The predicted molar refractivity (Wildman–Crippen MR) is 265 cm³/mol. The lowest BCUT2D eigenvalue weighted by Gasteiger charge is -2.18. The molecule has 0 radical (unpaired) electrons. The summed E-state index contributed by atoms with van der Waals surface area (Å²) in [6.07, 6.45) is 61.0. The Morgan fingerprint density at radius 1 is 0.339 bits per heavy atom. The van der Waals surface area contributed by atoms with Crippen molar-refractivity contribution >= 4 is 17.9 Å². The molecule has 6 nitrogen and oxygen atoms in total. The van der Waals surface area contributed by atoms with Crippen molar-refractivity contribution in [1.82, 2.24) is 0 Å². The normalized spacial score (nSPS) is 12.4. The second-order valence-corrected chi connectivity index (χ2v) is 17.8. The summed E-state index contributed by atoms with van der Waals surface area (Å²) < 4.78 is 16.8. The number of allylic oxidation sites excluding steroid dienone is 8. The summed E-state index contributed by atoms with van der Waals surface area (Å²) in [5.74, 6) is -0.906. The van der Waals surface area contributed by atoms with Crippen LogP contribution in [-0.2, 0) is 28.6 Å². The molecule has 0 aromatic carbocycles. The third-order valence-electron chi connectivity index (χ3n) is 11.6. The van der Waals surface area contributed by atoms with E-state index in [1.165, 1.54) is 135 Å². The standard InChI is InChI=1S/C56H100O6/c1-4-7-10-13-16-19-22-24-26-27-28-29-30-32-34-37-40-43-46-49-55(58)61-52-53(51-60-54(57)48-45-42-39-36-33-21-18-15-12-9-6-3)62-56(59)50-47-44-41-38-35-31-25-23-20-17-14-11-8-5-2/h8,11,15,17-18,20,25,31,53H,4-7,9-10,12-14,16,19,21-24,26-30,32-52H2,1-3H3/b11-8-,18-15-,20-17-,31-25-. The maximum absolute atomic E-state index is 12.8. The Bertz CT molecular complexity index is 1090. The summed E-state index contributed by atoms with van der Waals surface area (Å²) in [6, 6.07) is 0. The first-order chi connectivity index (χ1) is 30.5. The zero-order valence-corrected chi connectivity index (χ0v) is 41.1. The van der Waals surface area contributed by atoms with Gasteiger partial charge in [0.05, 0.1) is 0 Å². The third-order valence-corrected chi connectivity index (χ3v) is 11.6. The van der Waals surface area contributed by atoms with Crippen LogP contribution in [0.3, 0.4) is 0 Å². The van der Waals surface area contributed by atoms with Crippen LogP contribution in [0.1, 0.15) is 271 Å². The van der Waals surface area contributed by atoms with E-state index in [9.17, 15) is 14.4 Å². The van der Waals surface area contributed by atoms with Crippen LogP contribution in [0.2, 0.25) is 0 Å². The summed E-state index contributed by atoms with van der Waals surface area (Å²) in [5.41, 5.74) is 0. The van der Waals surface area contributed by atoms with Gasteiger partial charge in [0.15, 0.2) is 6.10 Å². The van der Waals surface area contributed by atoms with Gasteiger partial charge in [0.1, 0.15) is 13.2 Å². The third kappa shape index (κ3) is 48.4. The molecule has 0 saturated heterocycles. The van der Waals surface area contributed by atoms with Gasteiger partial charge in [0.2, 0.25) is 0 Å². The van der Waals surface area contributed by atoms with Crippen molar-refractivity contribution < 1.29 is 28.6 Å². The molecular weight excluding hydrogens is 769 g/mol. The molecule has 0 saturated carbocycles. The molecule has 0 aromatic rings. The molecular formula is C56H100O6. The van der Waals surface area contributed by atoms with E-state index in [0.29, 0.717) is 19.3 Å². The maximum Gasteiger partial charge on any atom is 0.306 e. The number of hydrogen-bond acceptors (Lipinski definition) is 6. The van der Waals surface area contributed by atoms with Crippen molar-refractivity contribution in [3.05, 3.63) is 48.6 Å². The summed E-state index contributed by atoms with van der Waals surface area (Å²) in [6.45, 7) is 6.48. The van der Waals surface area contributed by atoms with E-state index in [-0.39, 0.29) is 31.1 Å². The van der Waals surface area contributed by atoms with Crippen molar-refractivity contribution in [1.29, 1.82) is 0 Å². The highest BCUT2D eigenvalue weighted by molar-refractivity contribution is 5.71. The van der Waals surface area contributed by atoms with Gasteiger partial charge in [0, 0.05) is 19.3 Å².